The molecule has 0 aliphatic carbocycles. The van der Waals surface area contributed by atoms with Crippen molar-refractivity contribution < 1.29 is 18.0 Å². The van der Waals surface area contributed by atoms with Crippen LogP contribution in [0.3, 0.4) is 0 Å². The lowest BCUT2D eigenvalue weighted by Gasteiger charge is -2.15. The van der Waals surface area contributed by atoms with Gasteiger partial charge < -0.3 is 16.0 Å². The molecule has 0 aliphatic heterocycles. The van der Waals surface area contributed by atoms with Crippen LogP contribution in [0, 0.1) is 11.6 Å². The third-order valence-corrected chi connectivity index (χ3v) is 5.35. The first-order valence-electron chi connectivity index (χ1n) is 10.00. The van der Waals surface area contributed by atoms with Crippen molar-refractivity contribution in [3.63, 3.8) is 0 Å². The number of amides is 1. The second kappa shape index (κ2) is 9.97. The van der Waals surface area contributed by atoms with E-state index in [1.165, 1.54) is 30.5 Å². The summed E-state index contributed by atoms with van der Waals surface area (Å²) in [6, 6.07) is 8.07. The van der Waals surface area contributed by atoms with Crippen LogP contribution in [-0.4, -0.2) is 25.7 Å². The van der Waals surface area contributed by atoms with Gasteiger partial charge in [0.05, 0.1) is 22.0 Å². The van der Waals surface area contributed by atoms with E-state index >= 15 is 0 Å². The number of nitrogens with one attached hydrogen (secondary N) is 3. The molecule has 0 fully saturated rings. The molecule has 0 radical (unpaired) electrons. The van der Waals surface area contributed by atoms with Crippen LogP contribution < -0.4 is 16.0 Å². The van der Waals surface area contributed by atoms with Crippen LogP contribution in [0.5, 0.6) is 0 Å². The molecule has 0 bridgehead atoms. The molecule has 0 saturated carbocycles. The Balaban J connectivity index is 1.74. The van der Waals surface area contributed by atoms with Crippen LogP contribution >= 0.6 is 15.9 Å². The number of nitrogens with zero attached hydrogens (tertiary/aromatic N) is 4. The highest BCUT2D eigenvalue weighted by atomic mass is 79.9. The van der Waals surface area contributed by atoms with Crippen molar-refractivity contribution in [2.75, 3.05) is 16.0 Å². The van der Waals surface area contributed by atoms with Crippen LogP contribution in [-0.2, 0) is 11.8 Å². The Kier molecular flexibility index (Phi) is 6.82. The maximum atomic E-state index is 14.6. The zero-order valence-electron chi connectivity index (χ0n) is 18.1. The van der Waals surface area contributed by atoms with Crippen molar-refractivity contribution in [2.24, 2.45) is 7.05 Å². The van der Waals surface area contributed by atoms with E-state index in [4.69, 9.17) is 0 Å². The SMILES string of the molecule is C=C(F)C(=O)Nc1ccc(F)c(Nc2nc(Nc3cnn(C)c3)ncc2-c2ccc(Br)c(F)c2)c1. The van der Waals surface area contributed by atoms with Gasteiger partial charge in [-0.1, -0.05) is 12.6 Å². The predicted molar refractivity (Wildman–Crippen MR) is 130 cm³/mol. The summed E-state index contributed by atoms with van der Waals surface area (Å²) >= 11 is 3.12. The molecule has 12 heteroatoms. The number of rotatable bonds is 7. The monoisotopic (exact) mass is 543 g/mol. The van der Waals surface area contributed by atoms with Gasteiger partial charge in [-0.05, 0) is 51.8 Å². The smallest absolute Gasteiger partial charge is 0.283 e. The Morgan fingerprint density at radius 1 is 1.06 bits per heavy atom. The predicted octanol–water partition coefficient (Wildman–Crippen LogP) is 5.83. The number of carbonyl (C=O) groups excluding carboxylic acids is 1. The highest BCUT2D eigenvalue weighted by molar-refractivity contribution is 9.10. The Labute approximate surface area is 206 Å². The minimum Gasteiger partial charge on any atom is -0.337 e. The Hall–Kier alpha value is -4.19. The molecular formula is C23H17BrF3N7O. The lowest BCUT2D eigenvalue weighted by atomic mass is 10.1. The van der Waals surface area contributed by atoms with Crippen LogP contribution in [0.4, 0.5) is 42.0 Å². The fourth-order valence-electron chi connectivity index (χ4n) is 3.05. The van der Waals surface area contributed by atoms with Gasteiger partial charge in [0.1, 0.15) is 17.5 Å². The number of hydrogen-bond donors (Lipinski definition) is 3. The molecule has 0 unspecified atom stereocenters. The average molecular weight is 544 g/mol. The molecule has 0 aliphatic rings. The molecule has 2 heterocycles. The molecule has 2 aromatic carbocycles. The van der Waals surface area contributed by atoms with Crippen molar-refractivity contribution in [3.8, 4) is 11.1 Å². The number of benzene rings is 2. The van der Waals surface area contributed by atoms with Crippen molar-refractivity contribution in [3.05, 3.63) is 83.5 Å². The quantitative estimate of drug-likeness (QED) is 0.254. The fourth-order valence-corrected chi connectivity index (χ4v) is 3.30. The molecule has 4 aromatic rings. The zero-order valence-corrected chi connectivity index (χ0v) is 19.7. The number of aromatic nitrogens is 4. The lowest BCUT2D eigenvalue weighted by molar-refractivity contribution is -0.114. The van der Waals surface area contributed by atoms with Crippen LogP contribution in [0.25, 0.3) is 11.1 Å². The summed E-state index contributed by atoms with van der Waals surface area (Å²) in [4.78, 5) is 20.3. The highest BCUT2D eigenvalue weighted by Gasteiger charge is 2.15. The van der Waals surface area contributed by atoms with Crippen LogP contribution in [0.15, 0.2) is 71.9 Å². The summed E-state index contributed by atoms with van der Waals surface area (Å²) in [5, 5.41) is 12.2. The second-order valence-electron chi connectivity index (χ2n) is 7.29. The van der Waals surface area contributed by atoms with Gasteiger partial charge in [0.25, 0.3) is 5.91 Å². The second-order valence-corrected chi connectivity index (χ2v) is 8.15. The van der Waals surface area contributed by atoms with E-state index in [0.29, 0.717) is 16.8 Å². The molecule has 0 spiro atoms. The van der Waals surface area contributed by atoms with Gasteiger partial charge in [-0.25, -0.2) is 18.2 Å². The third-order valence-electron chi connectivity index (χ3n) is 4.70. The minimum absolute atomic E-state index is 0.0721. The molecule has 4 rings (SSSR count). The third kappa shape index (κ3) is 5.66. The maximum absolute atomic E-state index is 14.6. The topological polar surface area (TPSA) is 96.8 Å². The summed E-state index contributed by atoms with van der Waals surface area (Å²) in [5.74, 6) is -3.11. The van der Waals surface area contributed by atoms with E-state index < -0.39 is 23.4 Å². The first kappa shape index (κ1) is 24.0. The van der Waals surface area contributed by atoms with Gasteiger partial charge >= 0.3 is 0 Å². The van der Waals surface area contributed by atoms with Gasteiger partial charge in [0, 0.05) is 30.7 Å². The Morgan fingerprint density at radius 2 is 1.86 bits per heavy atom. The number of carbonyl (C=O) groups is 1. The van der Waals surface area contributed by atoms with E-state index in [2.05, 4.69) is 53.5 Å². The Morgan fingerprint density at radius 3 is 2.54 bits per heavy atom. The zero-order chi connectivity index (χ0) is 25.1. The van der Waals surface area contributed by atoms with Crippen molar-refractivity contribution >= 4 is 50.7 Å². The molecule has 0 atom stereocenters. The van der Waals surface area contributed by atoms with E-state index in [1.54, 1.807) is 30.2 Å². The average Bonchev–Trinajstić information content (AvgIpc) is 3.22. The lowest BCUT2D eigenvalue weighted by Crippen LogP contribution is -2.11. The minimum atomic E-state index is -1.19. The molecule has 1 amide bonds. The van der Waals surface area contributed by atoms with Gasteiger partial charge in [-0.2, -0.15) is 10.1 Å². The molecule has 178 valence electrons. The first-order chi connectivity index (χ1) is 16.7. The van der Waals surface area contributed by atoms with E-state index in [9.17, 15) is 18.0 Å². The standard InChI is InChI=1S/C23H17BrF3N7O/c1-12(25)22(35)30-14-4-6-18(26)20(8-14)32-21-16(13-3-5-17(24)19(27)7-13)10-28-23(33-21)31-15-9-29-34(2)11-15/h3-11H,1H2,2H3,(H,30,35)(H2,28,31,32,33). The van der Waals surface area contributed by atoms with E-state index in [-0.39, 0.29) is 27.6 Å². The molecule has 2 aromatic heterocycles. The molecule has 3 N–H and O–H groups in total. The number of halogens is 4. The van der Waals surface area contributed by atoms with Gasteiger partial charge in [0.2, 0.25) is 5.95 Å². The number of anilines is 5. The normalized spacial score (nSPS) is 10.7. The summed E-state index contributed by atoms with van der Waals surface area (Å²) in [6.45, 7) is 2.93. The van der Waals surface area contributed by atoms with E-state index in [0.717, 1.165) is 6.07 Å². The number of hydrogen-bond acceptors (Lipinski definition) is 6. The van der Waals surface area contributed by atoms with Crippen molar-refractivity contribution in [1.82, 2.24) is 19.7 Å². The summed E-state index contributed by atoms with van der Waals surface area (Å²) in [7, 11) is 1.75. The fraction of sp³-hybridized carbons (Fsp3) is 0.0435. The molecule has 35 heavy (non-hydrogen) atoms. The summed E-state index contributed by atoms with van der Waals surface area (Å²) in [6.07, 6.45) is 4.73. The highest BCUT2D eigenvalue weighted by Crippen LogP contribution is 2.33. The van der Waals surface area contributed by atoms with Gasteiger partial charge in [-0.15, -0.1) is 0 Å². The van der Waals surface area contributed by atoms with Crippen molar-refractivity contribution in [2.45, 2.75) is 0 Å². The molecule has 0 saturated heterocycles. The number of aryl methyl sites for hydroxylation is 1. The first-order valence-corrected chi connectivity index (χ1v) is 10.8. The Bertz CT molecular complexity index is 1440. The summed E-state index contributed by atoms with van der Waals surface area (Å²) < 4.78 is 43.8. The van der Waals surface area contributed by atoms with Crippen molar-refractivity contribution in [1.29, 1.82) is 0 Å². The van der Waals surface area contributed by atoms with Gasteiger partial charge in [0.15, 0.2) is 5.83 Å². The maximum Gasteiger partial charge on any atom is 0.283 e. The van der Waals surface area contributed by atoms with E-state index in [1.807, 2.05) is 0 Å². The van der Waals surface area contributed by atoms with Crippen LogP contribution in [0.1, 0.15) is 0 Å². The molecular weight excluding hydrogens is 527 g/mol. The largest absolute Gasteiger partial charge is 0.337 e. The molecule has 8 nitrogen and oxygen atoms in total. The van der Waals surface area contributed by atoms with Crippen LogP contribution in [0.2, 0.25) is 0 Å². The van der Waals surface area contributed by atoms with Gasteiger partial charge in [-0.3, -0.25) is 9.48 Å². The summed E-state index contributed by atoms with van der Waals surface area (Å²) in [5.41, 5.74) is 1.47.